The fraction of sp³-hybridized carbons (Fsp3) is 0.0833. The van der Waals surface area contributed by atoms with Crippen LogP contribution in [-0.4, -0.2) is 20.6 Å². The molecule has 0 amide bonds. The lowest BCUT2D eigenvalue weighted by molar-refractivity contribution is 0.0696. The second-order valence-corrected chi connectivity index (χ2v) is 3.68. The van der Waals surface area contributed by atoms with Crippen molar-refractivity contribution in [3.8, 4) is 0 Å². The van der Waals surface area contributed by atoms with E-state index in [9.17, 15) is 14.0 Å². The molecule has 0 fully saturated rings. The van der Waals surface area contributed by atoms with E-state index in [0.29, 0.717) is 5.56 Å². The van der Waals surface area contributed by atoms with Crippen LogP contribution in [0.5, 0.6) is 0 Å². The van der Waals surface area contributed by atoms with E-state index >= 15 is 0 Å². The monoisotopic (exact) mass is 248 g/mol. The molecule has 5 nitrogen and oxygen atoms in total. The zero-order valence-corrected chi connectivity index (χ0v) is 9.21. The molecular formula is C12H9FN2O3. The van der Waals surface area contributed by atoms with Crippen LogP contribution < -0.4 is 5.69 Å². The fourth-order valence-corrected chi connectivity index (χ4v) is 1.57. The first-order chi connectivity index (χ1) is 8.56. The number of hydrogen-bond acceptors (Lipinski definition) is 3. The standard InChI is InChI=1S/C12H9FN2O3/c13-10-5-8(4-9(6-10)11(16)17)7-15-3-1-2-14-12(15)18/h1-6H,7H2,(H,16,17). The largest absolute Gasteiger partial charge is 0.478 e. The van der Waals surface area contributed by atoms with Crippen LogP contribution in [-0.2, 0) is 6.54 Å². The number of benzene rings is 1. The quantitative estimate of drug-likeness (QED) is 0.883. The van der Waals surface area contributed by atoms with Crippen LogP contribution in [0.25, 0.3) is 0 Å². The molecule has 0 spiro atoms. The Morgan fingerprint density at radius 2 is 2.17 bits per heavy atom. The van der Waals surface area contributed by atoms with Crippen LogP contribution in [0, 0.1) is 5.82 Å². The van der Waals surface area contributed by atoms with Crippen molar-refractivity contribution in [3.63, 3.8) is 0 Å². The highest BCUT2D eigenvalue weighted by Crippen LogP contribution is 2.10. The minimum Gasteiger partial charge on any atom is -0.478 e. The molecular weight excluding hydrogens is 239 g/mol. The van der Waals surface area contributed by atoms with E-state index in [4.69, 9.17) is 5.11 Å². The fourth-order valence-electron chi connectivity index (χ4n) is 1.57. The van der Waals surface area contributed by atoms with Crippen LogP contribution in [0.1, 0.15) is 15.9 Å². The average Bonchev–Trinajstić information content (AvgIpc) is 2.31. The molecule has 0 saturated heterocycles. The minimum absolute atomic E-state index is 0.0741. The first-order valence-corrected chi connectivity index (χ1v) is 5.10. The predicted octanol–water partition coefficient (Wildman–Crippen LogP) is 1.13. The second-order valence-electron chi connectivity index (χ2n) is 3.68. The summed E-state index contributed by atoms with van der Waals surface area (Å²) in [4.78, 5) is 25.7. The Bertz CT molecular complexity index is 652. The normalized spacial score (nSPS) is 10.3. The van der Waals surface area contributed by atoms with Crippen molar-refractivity contribution >= 4 is 5.97 Å². The van der Waals surface area contributed by atoms with Gasteiger partial charge in [-0.15, -0.1) is 0 Å². The Hall–Kier alpha value is -2.50. The molecule has 92 valence electrons. The van der Waals surface area contributed by atoms with Crippen molar-refractivity contribution in [2.45, 2.75) is 6.54 Å². The molecule has 0 bridgehead atoms. The molecule has 0 atom stereocenters. The highest BCUT2D eigenvalue weighted by Gasteiger charge is 2.08. The van der Waals surface area contributed by atoms with Crippen molar-refractivity contribution in [3.05, 3.63) is 64.1 Å². The summed E-state index contributed by atoms with van der Waals surface area (Å²) in [5, 5.41) is 8.81. The van der Waals surface area contributed by atoms with Crippen molar-refractivity contribution < 1.29 is 14.3 Å². The van der Waals surface area contributed by atoms with Gasteiger partial charge in [0, 0.05) is 12.4 Å². The van der Waals surface area contributed by atoms with Crippen LogP contribution in [0.2, 0.25) is 0 Å². The predicted molar refractivity (Wildman–Crippen MR) is 61.0 cm³/mol. The molecule has 0 saturated carbocycles. The highest BCUT2D eigenvalue weighted by molar-refractivity contribution is 5.87. The van der Waals surface area contributed by atoms with E-state index in [-0.39, 0.29) is 12.1 Å². The number of rotatable bonds is 3. The van der Waals surface area contributed by atoms with Crippen LogP contribution in [0.4, 0.5) is 4.39 Å². The second kappa shape index (κ2) is 4.79. The Morgan fingerprint density at radius 3 is 2.83 bits per heavy atom. The zero-order chi connectivity index (χ0) is 13.1. The highest BCUT2D eigenvalue weighted by atomic mass is 19.1. The summed E-state index contributed by atoms with van der Waals surface area (Å²) >= 11 is 0. The first-order valence-electron chi connectivity index (χ1n) is 5.10. The molecule has 0 aliphatic heterocycles. The maximum absolute atomic E-state index is 13.2. The van der Waals surface area contributed by atoms with Crippen molar-refractivity contribution in [2.75, 3.05) is 0 Å². The number of nitrogens with zero attached hydrogens (tertiary/aromatic N) is 2. The molecule has 6 heteroatoms. The van der Waals surface area contributed by atoms with Gasteiger partial charge < -0.3 is 5.11 Å². The molecule has 1 aromatic carbocycles. The summed E-state index contributed by atoms with van der Waals surface area (Å²) in [5.41, 5.74) is -0.233. The van der Waals surface area contributed by atoms with Gasteiger partial charge in [-0.05, 0) is 29.8 Å². The van der Waals surface area contributed by atoms with Gasteiger partial charge in [0.05, 0.1) is 12.1 Å². The Balaban J connectivity index is 2.38. The first kappa shape index (κ1) is 12.0. The molecule has 1 aromatic heterocycles. The summed E-state index contributed by atoms with van der Waals surface area (Å²) in [6, 6.07) is 5.01. The lowest BCUT2D eigenvalue weighted by Gasteiger charge is -2.05. The summed E-state index contributed by atoms with van der Waals surface area (Å²) < 4.78 is 14.5. The molecule has 0 aliphatic rings. The third-order valence-corrected chi connectivity index (χ3v) is 2.34. The number of carboxylic acid groups (broad SMARTS) is 1. The third kappa shape index (κ3) is 2.60. The number of aromatic carboxylic acids is 1. The molecule has 0 unspecified atom stereocenters. The van der Waals surface area contributed by atoms with Gasteiger partial charge in [-0.25, -0.2) is 19.0 Å². The number of carboxylic acids is 1. The van der Waals surface area contributed by atoms with Crippen molar-refractivity contribution in [1.29, 1.82) is 0 Å². The lowest BCUT2D eigenvalue weighted by Crippen LogP contribution is -2.22. The summed E-state index contributed by atoms with van der Waals surface area (Å²) in [7, 11) is 0. The van der Waals surface area contributed by atoms with Crippen LogP contribution in [0.15, 0.2) is 41.5 Å². The number of aromatic nitrogens is 2. The third-order valence-electron chi connectivity index (χ3n) is 2.34. The number of hydrogen-bond donors (Lipinski definition) is 1. The molecule has 1 heterocycles. The van der Waals surface area contributed by atoms with Gasteiger partial charge in [0.15, 0.2) is 0 Å². The van der Waals surface area contributed by atoms with Crippen LogP contribution >= 0.6 is 0 Å². The van der Waals surface area contributed by atoms with Gasteiger partial charge in [0.25, 0.3) is 0 Å². The van der Waals surface area contributed by atoms with Crippen molar-refractivity contribution in [1.82, 2.24) is 9.55 Å². The van der Waals surface area contributed by atoms with Crippen molar-refractivity contribution in [2.24, 2.45) is 0 Å². The zero-order valence-electron chi connectivity index (χ0n) is 9.21. The maximum atomic E-state index is 13.2. The molecule has 0 aliphatic carbocycles. The van der Waals surface area contributed by atoms with E-state index in [2.05, 4.69) is 4.98 Å². The Kier molecular flexibility index (Phi) is 3.18. The Morgan fingerprint density at radius 1 is 1.39 bits per heavy atom. The number of halogens is 1. The van der Waals surface area contributed by atoms with E-state index in [1.165, 1.54) is 29.1 Å². The summed E-state index contributed by atoms with van der Waals surface area (Å²) in [6.45, 7) is 0.0741. The minimum atomic E-state index is -1.21. The van der Waals surface area contributed by atoms with E-state index < -0.39 is 17.5 Å². The molecule has 0 radical (unpaired) electrons. The van der Waals surface area contributed by atoms with Gasteiger partial charge in [0.1, 0.15) is 5.82 Å². The maximum Gasteiger partial charge on any atom is 0.347 e. The van der Waals surface area contributed by atoms with Crippen LogP contribution in [0.3, 0.4) is 0 Å². The van der Waals surface area contributed by atoms with Gasteiger partial charge in [-0.1, -0.05) is 0 Å². The summed E-state index contributed by atoms with van der Waals surface area (Å²) in [6.07, 6.45) is 2.85. The molecule has 18 heavy (non-hydrogen) atoms. The number of carbonyl (C=O) groups is 1. The topological polar surface area (TPSA) is 72.2 Å². The van der Waals surface area contributed by atoms with Gasteiger partial charge in [-0.3, -0.25) is 4.57 Å². The molecule has 2 rings (SSSR count). The van der Waals surface area contributed by atoms with E-state index in [1.807, 2.05) is 0 Å². The van der Waals surface area contributed by atoms with E-state index in [0.717, 1.165) is 6.07 Å². The molecule has 1 N–H and O–H groups in total. The SMILES string of the molecule is O=C(O)c1cc(F)cc(Cn2cccnc2=O)c1. The average molecular weight is 248 g/mol. The van der Waals surface area contributed by atoms with Gasteiger partial charge in [0.2, 0.25) is 0 Å². The smallest absolute Gasteiger partial charge is 0.347 e. The lowest BCUT2D eigenvalue weighted by atomic mass is 10.1. The van der Waals surface area contributed by atoms with Gasteiger partial charge in [-0.2, -0.15) is 0 Å². The summed E-state index contributed by atoms with van der Waals surface area (Å²) in [5.74, 6) is -1.86. The van der Waals surface area contributed by atoms with Gasteiger partial charge >= 0.3 is 11.7 Å². The Labute approximate surface area is 101 Å². The van der Waals surface area contributed by atoms with E-state index in [1.54, 1.807) is 6.07 Å². The molecule has 2 aromatic rings.